The number of carbonyl (C=O) groups is 1. The Bertz CT molecular complexity index is 525. The molecule has 4 nitrogen and oxygen atoms in total. The van der Waals surface area contributed by atoms with Crippen LogP contribution in [0.15, 0.2) is 41.1 Å². The lowest BCUT2D eigenvalue weighted by atomic mass is 10.2. The molecule has 0 aromatic carbocycles. The molecule has 0 saturated carbocycles. The van der Waals surface area contributed by atoms with Crippen LogP contribution in [0.2, 0.25) is 5.22 Å². The van der Waals surface area contributed by atoms with Gasteiger partial charge in [-0.25, -0.2) is 0 Å². The van der Waals surface area contributed by atoms with E-state index < -0.39 is 0 Å². The van der Waals surface area contributed by atoms with Crippen molar-refractivity contribution in [1.82, 2.24) is 9.88 Å². The summed E-state index contributed by atoms with van der Waals surface area (Å²) in [5.74, 6) is 0.0909. The summed E-state index contributed by atoms with van der Waals surface area (Å²) in [7, 11) is 1.74. The summed E-state index contributed by atoms with van der Waals surface area (Å²) in [6.45, 7) is 0.612. The first kappa shape index (κ1) is 12.6. The van der Waals surface area contributed by atoms with Crippen molar-refractivity contribution in [3.63, 3.8) is 0 Å². The van der Waals surface area contributed by atoms with Crippen LogP contribution in [0, 0.1) is 0 Å². The predicted molar refractivity (Wildman–Crippen MR) is 68.6 cm³/mol. The third kappa shape index (κ3) is 3.11. The molecular weight excluding hydrogens is 252 g/mol. The van der Waals surface area contributed by atoms with Crippen LogP contribution in [0.25, 0.3) is 0 Å². The average Bonchev–Trinajstić information content (AvgIpc) is 2.83. The van der Waals surface area contributed by atoms with E-state index in [0.717, 1.165) is 12.0 Å². The molecule has 2 rings (SSSR count). The molecule has 0 bridgehead atoms. The highest BCUT2D eigenvalue weighted by Gasteiger charge is 2.15. The lowest BCUT2D eigenvalue weighted by molar-refractivity contribution is 0.0765. The Morgan fingerprint density at radius 3 is 2.67 bits per heavy atom. The van der Waals surface area contributed by atoms with E-state index >= 15 is 0 Å². The quantitative estimate of drug-likeness (QED) is 0.853. The van der Waals surface area contributed by atoms with Gasteiger partial charge in [0.2, 0.25) is 0 Å². The molecule has 0 saturated heterocycles. The zero-order chi connectivity index (χ0) is 13.0. The summed E-state index contributed by atoms with van der Waals surface area (Å²) >= 11 is 5.64. The third-order valence-corrected chi connectivity index (χ3v) is 2.82. The van der Waals surface area contributed by atoms with Crippen molar-refractivity contribution < 1.29 is 9.21 Å². The van der Waals surface area contributed by atoms with Gasteiger partial charge in [-0.1, -0.05) is 0 Å². The number of carbonyl (C=O) groups excluding carboxylic acids is 1. The smallest absolute Gasteiger partial charge is 0.289 e. The number of rotatable bonds is 4. The van der Waals surface area contributed by atoms with Gasteiger partial charge in [-0.05, 0) is 47.9 Å². The van der Waals surface area contributed by atoms with E-state index in [-0.39, 0.29) is 16.9 Å². The first-order valence-electron chi connectivity index (χ1n) is 5.56. The normalized spacial score (nSPS) is 10.3. The van der Waals surface area contributed by atoms with Crippen LogP contribution in [0.1, 0.15) is 16.1 Å². The van der Waals surface area contributed by atoms with Gasteiger partial charge < -0.3 is 9.32 Å². The summed E-state index contributed by atoms with van der Waals surface area (Å²) in [4.78, 5) is 17.5. The Hall–Kier alpha value is -1.81. The van der Waals surface area contributed by atoms with Crippen LogP contribution in [-0.2, 0) is 6.42 Å². The van der Waals surface area contributed by atoms with E-state index in [1.54, 1.807) is 36.5 Å². The number of likely N-dealkylation sites (N-methyl/N-ethyl adjacent to an activating group) is 1. The zero-order valence-electron chi connectivity index (χ0n) is 9.97. The van der Waals surface area contributed by atoms with Gasteiger partial charge in [-0.3, -0.25) is 9.78 Å². The molecule has 0 atom stereocenters. The molecule has 18 heavy (non-hydrogen) atoms. The Morgan fingerprint density at radius 2 is 2.06 bits per heavy atom. The van der Waals surface area contributed by atoms with Gasteiger partial charge in [-0.2, -0.15) is 0 Å². The molecule has 0 fully saturated rings. The Labute approximate surface area is 110 Å². The van der Waals surface area contributed by atoms with Gasteiger partial charge in [-0.15, -0.1) is 0 Å². The molecule has 5 heteroatoms. The van der Waals surface area contributed by atoms with Gasteiger partial charge in [0.1, 0.15) is 0 Å². The maximum absolute atomic E-state index is 11.9. The predicted octanol–water partition coefficient (Wildman–Crippen LogP) is 2.64. The maximum Gasteiger partial charge on any atom is 0.289 e. The lowest BCUT2D eigenvalue weighted by Gasteiger charge is -2.15. The van der Waals surface area contributed by atoms with E-state index in [9.17, 15) is 4.79 Å². The summed E-state index contributed by atoms with van der Waals surface area (Å²) in [5.41, 5.74) is 1.14. The number of aromatic nitrogens is 1. The van der Waals surface area contributed by atoms with Crippen molar-refractivity contribution in [2.75, 3.05) is 13.6 Å². The first-order valence-corrected chi connectivity index (χ1v) is 5.94. The Kier molecular flexibility index (Phi) is 3.99. The van der Waals surface area contributed by atoms with Gasteiger partial charge in [0.05, 0.1) is 0 Å². The van der Waals surface area contributed by atoms with Crippen molar-refractivity contribution in [2.24, 2.45) is 0 Å². The van der Waals surface area contributed by atoms with Crippen LogP contribution in [0.3, 0.4) is 0 Å². The molecule has 0 spiro atoms. The van der Waals surface area contributed by atoms with E-state index in [1.807, 2.05) is 12.1 Å². The van der Waals surface area contributed by atoms with E-state index in [1.165, 1.54) is 0 Å². The second-order valence-electron chi connectivity index (χ2n) is 3.94. The Morgan fingerprint density at radius 1 is 1.33 bits per heavy atom. The molecule has 2 heterocycles. The standard InChI is InChI=1S/C13H13ClN2O2/c1-16(9-6-10-4-7-15-8-5-10)13(17)11-2-3-12(14)18-11/h2-5,7-8H,6,9H2,1H3. The Balaban J connectivity index is 1.92. The first-order chi connectivity index (χ1) is 8.66. The molecule has 0 aliphatic heterocycles. The van der Waals surface area contributed by atoms with Gasteiger partial charge in [0.25, 0.3) is 5.91 Å². The van der Waals surface area contributed by atoms with E-state index in [0.29, 0.717) is 6.54 Å². The average molecular weight is 265 g/mol. The van der Waals surface area contributed by atoms with Gasteiger partial charge in [0.15, 0.2) is 11.0 Å². The summed E-state index contributed by atoms with van der Waals surface area (Å²) in [6, 6.07) is 7.00. The van der Waals surface area contributed by atoms with E-state index in [4.69, 9.17) is 16.0 Å². The number of halogens is 1. The second-order valence-corrected chi connectivity index (χ2v) is 4.31. The topological polar surface area (TPSA) is 46.3 Å². The summed E-state index contributed by atoms with van der Waals surface area (Å²) in [6.07, 6.45) is 4.26. The van der Waals surface area contributed by atoms with Crippen molar-refractivity contribution in [3.8, 4) is 0 Å². The number of hydrogen-bond donors (Lipinski definition) is 0. The maximum atomic E-state index is 11.9. The summed E-state index contributed by atoms with van der Waals surface area (Å²) in [5, 5.41) is 0.223. The second kappa shape index (κ2) is 5.69. The molecular formula is C13H13ClN2O2. The molecule has 0 radical (unpaired) electrons. The fraction of sp³-hybridized carbons (Fsp3) is 0.231. The molecule has 0 aliphatic rings. The molecule has 1 amide bonds. The number of pyridine rings is 1. The highest BCUT2D eigenvalue weighted by Crippen LogP contribution is 2.14. The molecule has 0 aliphatic carbocycles. The highest BCUT2D eigenvalue weighted by molar-refractivity contribution is 6.29. The van der Waals surface area contributed by atoms with E-state index in [2.05, 4.69) is 4.98 Å². The molecule has 0 unspecified atom stereocenters. The minimum Gasteiger partial charge on any atom is -0.440 e. The molecule has 0 N–H and O–H groups in total. The third-order valence-electron chi connectivity index (χ3n) is 2.62. The van der Waals surface area contributed by atoms with Crippen LogP contribution in [0.4, 0.5) is 0 Å². The number of hydrogen-bond acceptors (Lipinski definition) is 3. The molecule has 94 valence electrons. The SMILES string of the molecule is CN(CCc1ccncc1)C(=O)c1ccc(Cl)o1. The monoisotopic (exact) mass is 264 g/mol. The number of nitrogens with zero attached hydrogens (tertiary/aromatic N) is 2. The van der Waals surface area contributed by atoms with Crippen LogP contribution >= 0.6 is 11.6 Å². The number of amides is 1. The fourth-order valence-electron chi connectivity index (χ4n) is 1.57. The largest absolute Gasteiger partial charge is 0.440 e. The van der Waals surface area contributed by atoms with Crippen LogP contribution < -0.4 is 0 Å². The molecule has 2 aromatic rings. The van der Waals surface area contributed by atoms with Crippen molar-refractivity contribution in [2.45, 2.75) is 6.42 Å². The minimum absolute atomic E-state index is 0.170. The minimum atomic E-state index is -0.170. The lowest BCUT2D eigenvalue weighted by Crippen LogP contribution is -2.28. The summed E-state index contributed by atoms with van der Waals surface area (Å²) < 4.78 is 5.08. The zero-order valence-corrected chi connectivity index (χ0v) is 10.7. The molecule has 2 aromatic heterocycles. The fourth-order valence-corrected chi connectivity index (χ4v) is 1.71. The van der Waals surface area contributed by atoms with Crippen LogP contribution in [-0.4, -0.2) is 29.4 Å². The van der Waals surface area contributed by atoms with Gasteiger partial charge >= 0.3 is 0 Å². The van der Waals surface area contributed by atoms with Crippen molar-refractivity contribution >= 4 is 17.5 Å². The number of furan rings is 1. The van der Waals surface area contributed by atoms with Crippen molar-refractivity contribution in [3.05, 3.63) is 53.2 Å². The van der Waals surface area contributed by atoms with Crippen LogP contribution in [0.5, 0.6) is 0 Å². The highest BCUT2D eigenvalue weighted by atomic mass is 35.5. The van der Waals surface area contributed by atoms with Crippen molar-refractivity contribution in [1.29, 1.82) is 0 Å². The van der Waals surface area contributed by atoms with Gasteiger partial charge in [0, 0.05) is 26.0 Å².